The Morgan fingerprint density at radius 3 is 2.73 bits per heavy atom. The molecule has 0 N–H and O–H groups in total. The van der Waals surface area contributed by atoms with Crippen molar-refractivity contribution in [1.29, 1.82) is 0 Å². The number of hydrogen-bond acceptors (Lipinski definition) is 8. The van der Waals surface area contributed by atoms with Gasteiger partial charge >= 0.3 is 12.1 Å². The van der Waals surface area contributed by atoms with E-state index in [2.05, 4.69) is 32.8 Å². The van der Waals surface area contributed by atoms with Gasteiger partial charge in [-0.15, -0.1) is 0 Å². The lowest BCUT2D eigenvalue weighted by molar-refractivity contribution is -0.145. The molecule has 10 heteroatoms. The van der Waals surface area contributed by atoms with E-state index in [1.54, 1.807) is 39.2 Å². The highest BCUT2D eigenvalue weighted by molar-refractivity contribution is 9.10. The van der Waals surface area contributed by atoms with Crippen LogP contribution in [0.3, 0.4) is 0 Å². The van der Waals surface area contributed by atoms with E-state index in [1.165, 1.54) is 12.0 Å². The predicted molar refractivity (Wildman–Crippen MR) is 125 cm³/mol. The van der Waals surface area contributed by atoms with Crippen molar-refractivity contribution < 1.29 is 28.5 Å². The molecule has 2 aromatic rings. The molecule has 2 atom stereocenters. The third kappa shape index (κ3) is 6.04. The number of carbonyl (C=O) groups excluding carboxylic acids is 2. The average Bonchev–Trinajstić information content (AvgIpc) is 3.18. The molecule has 0 bridgehead atoms. The minimum atomic E-state index is -0.807. The highest BCUT2D eigenvalue weighted by atomic mass is 79.9. The number of pyridine rings is 2. The summed E-state index contributed by atoms with van der Waals surface area (Å²) in [6, 6.07) is 0.971. The maximum atomic E-state index is 12.7. The van der Waals surface area contributed by atoms with Crippen molar-refractivity contribution in [2.75, 3.05) is 20.3 Å². The minimum Gasteiger partial charge on any atom is -0.491 e. The molecule has 3 rings (SSSR count). The van der Waals surface area contributed by atoms with Gasteiger partial charge in [-0.05, 0) is 49.2 Å². The van der Waals surface area contributed by atoms with Crippen LogP contribution >= 0.6 is 15.9 Å². The molecule has 0 radical (unpaired) electrons. The number of unbranched alkanes of at least 4 members (excludes halogenated alkanes) is 1. The lowest BCUT2D eigenvalue weighted by atomic mass is 10.2. The molecule has 1 fully saturated rings. The molecule has 0 aliphatic carbocycles. The highest BCUT2D eigenvalue weighted by Crippen LogP contribution is 2.40. The fraction of sp³-hybridized carbons (Fsp3) is 0.565. The van der Waals surface area contributed by atoms with Gasteiger partial charge in [-0.3, -0.25) is 9.88 Å². The Bertz CT molecular complexity index is 1010. The number of amides is 1. The van der Waals surface area contributed by atoms with Gasteiger partial charge in [-0.2, -0.15) is 0 Å². The third-order valence-corrected chi connectivity index (χ3v) is 5.74. The number of halogens is 1. The highest BCUT2D eigenvalue weighted by Gasteiger charge is 2.43. The van der Waals surface area contributed by atoms with Crippen molar-refractivity contribution in [3.8, 4) is 11.6 Å². The van der Waals surface area contributed by atoms with Gasteiger partial charge < -0.3 is 18.9 Å². The van der Waals surface area contributed by atoms with Gasteiger partial charge in [-0.25, -0.2) is 14.6 Å². The second kappa shape index (κ2) is 10.5. The SMILES string of the molecule is CCCCOc1c(Br)c(O[C@@H]2C[C@@H](C(=O)OC)N(C(=O)OC(C)(C)C)C2)nc2ccncc12. The molecule has 0 saturated carbocycles. The molecular weight excluding hydrogens is 494 g/mol. The Hall–Kier alpha value is -2.62. The monoisotopic (exact) mass is 523 g/mol. The molecule has 0 spiro atoms. The first-order chi connectivity index (χ1) is 15.6. The molecule has 1 aliphatic heterocycles. The third-order valence-electron chi connectivity index (χ3n) is 5.04. The number of esters is 1. The summed E-state index contributed by atoms with van der Waals surface area (Å²) in [6.45, 7) is 8.10. The van der Waals surface area contributed by atoms with Gasteiger partial charge in [0.1, 0.15) is 28.0 Å². The zero-order chi connectivity index (χ0) is 24.2. The van der Waals surface area contributed by atoms with Crippen LogP contribution in [0.1, 0.15) is 47.0 Å². The fourth-order valence-corrected chi connectivity index (χ4v) is 4.00. The van der Waals surface area contributed by atoms with Crippen LogP contribution in [0.4, 0.5) is 4.79 Å². The van der Waals surface area contributed by atoms with E-state index in [1.807, 2.05) is 0 Å². The lowest BCUT2D eigenvalue weighted by Gasteiger charge is -2.27. The summed E-state index contributed by atoms with van der Waals surface area (Å²) in [7, 11) is 1.29. The zero-order valence-corrected chi connectivity index (χ0v) is 21.2. The van der Waals surface area contributed by atoms with Gasteiger partial charge in [0.25, 0.3) is 0 Å². The smallest absolute Gasteiger partial charge is 0.411 e. The summed E-state index contributed by atoms with van der Waals surface area (Å²) in [5, 5.41) is 0.766. The molecular formula is C23H30BrN3O6. The normalized spacial score (nSPS) is 18.3. The standard InChI is InChI=1S/C23H30BrN3O6/c1-6-7-10-31-19-15-12-25-9-8-16(15)26-20(18(19)24)32-14-11-17(21(28)30-5)27(13-14)22(29)33-23(2,3)4/h8-9,12,14,17H,6-7,10-11,13H2,1-5H3/t14-,17+/m1/s1. The molecule has 1 amide bonds. The second-order valence-electron chi connectivity index (χ2n) is 8.80. The van der Waals surface area contributed by atoms with Gasteiger partial charge in [0.05, 0.1) is 31.2 Å². The zero-order valence-electron chi connectivity index (χ0n) is 19.6. The van der Waals surface area contributed by atoms with E-state index in [9.17, 15) is 9.59 Å². The number of carbonyl (C=O) groups is 2. The van der Waals surface area contributed by atoms with Crippen LogP contribution in [-0.4, -0.2) is 64.9 Å². The van der Waals surface area contributed by atoms with Crippen molar-refractivity contribution in [3.63, 3.8) is 0 Å². The van der Waals surface area contributed by atoms with E-state index in [-0.39, 0.29) is 13.0 Å². The van der Waals surface area contributed by atoms with E-state index < -0.39 is 29.8 Å². The van der Waals surface area contributed by atoms with Crippen LogP contribution in [0, 0.1) is 0 Å². The molecule has 0 aromatic carbocycles. The van der Waals surface area contributed by atoms with Crippen molar-refractivity contribution in [1.82, 2.24) is 14.9 Å². The Morgan fingerprint density at radius 1 is 1.30 bits per heavy atom. The van der Waals surface area contributed by atoms with Gasteiger partial charge in [-0.1, -0.05) is 13.3 Å². The molecule has 1 saturated heterocycles. The number of aromatic nitrogens is 2. The number of ether oxygens (including phenoxy) is 4. The number of likely N-dealkylation sites (tertiary alicyclic amines) is 1. The van der Waals surface area contributed by atoms with Crippen molar-refractivity contribution >= 4 is 38.9 Å². The topological polar surface area (TPSA) is 100 Å². The molecule has 180 valence electrons. The Labute approximate surface area is 201 Å². The first-order valence-electron chi connectivity index (χ1n) is 10.9. The van der Waals surface area contributed by atoms with Crippen molar-refractivity contribution in [2.24, 2.45) is 0 Å². The molecule has 2 aromatic heterocycles. The van der Waals surface area contributed by atoms with Crippen molar-refractivity contribution in [3.05, 3.63) is 22.9 Å². The number of nitrogens with zero attached hydrogens (tertiary/aromatic N) is 3. The van der Waals surface area contributed by atoms with E-state index in [0.29, 0.717) is 28.2 Å². The minimum absolute atomic E-state index is 0.156. The molecule has 33 heavy (non-hydrogen) atoms. The van der Waals surface area contributed by atoms with Crippen LogP contribution in [0.25, 0.3) is 10.9 Å². The van der Waals surface area contributed by atoms with Gasteiger partial charge in [0.2, 0.25) is 5.88 Å². The van der Waals surface area contributed by atoms with E-state index >= 15 is 0 Å². The van der Waals surface area contributed by atoms with Crippen LogP contribution in [0.5, 0.6) is 11.6 Å². The summed E-state index contributed by atoms with van der Waals surface area (Å²) in [5.74, 6) is 0.398. The van der Waals surface area contributed by atoms with Crippen LogP contribution in [0.15, 0.2) is 22.9 Å². The summed E-state index contributed by atoms with van der Waals surface area (Å²) in [6.07, 6.45) is 4.42. The average molecular weight is 524 g/mol. The second-order valence-corrected chi connectivity index (χ2v) is 9.60. The quantitative estimate of drug-likeness (QED) is 0.386. The van der Waals surface area contributed by atoms with E-state index in [4.69, 9.17) is 18.9 Å². The maximum absolute atomic E-state index is 12.7. The summed E-state index contributed by atoms with van der Waals surface area (Å²) >= 11 is 3.57. The molecule has 9 nitrogen and oxygen atoms in total. The molecule has 0 unspecified atom stereocenters. The first-order valence-corrected chi connectivity index (χ1v) is 11.7. The summed E-state index contributed by atoms with van der Waals surface area (Å²) in [5.41, 5.74) is -0.0283. The first kappa shape index (κ1) is 25.0. The van der Waals surface area contributed by atoms with Gasteiger partial charge in [0, 0.05) is 18.8 Å². The summed E-state index contributed by atoms with van der Waals surface area (Å²) < 4.78 is 23.1. The van der Waals surface area contributed by atoms with Crippen molar-refractivity contribution in [2.45, 2.75) is 64.7 Å². The number of rotatable bonds is 7. The van der Waals surface area contributed by atoms with Gasteiger partial charge in [0.15, 0.2) is 0 Å². The van der Waals surface area contributed by atoms with E-state index in [0.717, 1.165) is 18.2 Å². The Morgan fingerprint density at radius 2 is 2.06 bits per heavy atom. The largest absolute Gasteiger partial charge is 0.491 e. The number of hydrogen-bond donors (Lipinski definition) is 0. The predicted octanol–water partition coefficient (Wildman–Crippen LogP) is 4.50. The lowest BCUT2D eigenvalue weighted by Crippen LogP contribution is -2.44. The Kier molecular flexibility index (Phi) is 7.99. The van der Waals surface area contributed by atoms with Crippen LogP contribution < -0.4 is 9.47 Å². The number of methoxy groups -OCH3 is 1. The number of fused-ring (bicyclic) bond motifs is 1. The molecule has 3 heterocycles. The van der Waals surface area contributed by atoms with Crippen LogP contribution in [0.2, 0.25) is 0 Å². The Balaban J connectivity index is 1.87. The van der Waals surface area contributed by atoms with Crippen LogP contribution in [-0.2, 0) is 14.3 Å². The summed E-state index contributed by atoms with van der Waals surface area (Å²) in [4.78, 5) is 35.2. The fourth-order valence-electron chi connectivity index (χ4n) is 3.49. The maximum Gasteiger partial charge on any atom is 0.411 e. The molecule has 1 aliphatic rings.